The summed E-state index contributed by atoms with van der Waals surface area (Å²) in [5.74, 6) is 0. The molecule has 0 saturated heterocycles. The first-order chi connectivity index (χ1) is 8.58. The minimum atomic E-state index is 0.586. The third-order valence-corrected chi connectivity index (χ3v) is 2.25. The van der Waals surface area contributed by atoms with Gasteiger partial charge in [0.15, 0.2) is 6.29 Å². The van der Waals surface area contributed by atoms with Crippen molar-refractivity contribution in [2.75, 3.05) is 19.5 Å². The molecule has 0 aliphatic rings. The topological polar surface area (TPSA) is 38.3 Å². The van der Waals surface area contributed by atoms with E-state index in [2.05, 4.69) is 10.1 Å². The van der Waals surface area contributed by atoms with Gasteiger partial charge in [0.1, 0.15) is 0 Å². The number of carbonyl (C=O) groups is 1. The van der Waals surface area contributed by atoms with Crippen molar-refractivity contribution in [2.45, 2.75) is 20.3 Å². The number of hydrogen-bond acceptors (Lipinski definition) is 3. The first-order valence-corrected chi connectivity index (χ1v) is 6.05. The first-order valence-electron chi connectivity index (χ1n) is 5.67. The molecule has 4 heteroatoms. The van der Waals surface area contributed by atoms with Gasteiger partial charge < -0.3 is 10.1 Å². The molecular weight excluding hydrogens is 250 g/mol. The molecule has 0 amide bonds. The van der Waals surface area contributed by atoms with E-state index < -0.39 is 0 Å². The van der Waals surface area contributed by atoms with E-state index >= 15 is 0 Å². The highest BCUT2D eigenvalue weighted by Crippen LogP contribution is 2.20. The molecule has 0 heterocycles. The van der Waals surface area contributed by atoms with Crippen molar-refractivity contribution < 1.29 is 9.53 Å². The molecular formula is C14H20ClNO2. The standard InChI is InChI=1S/C12H14ClNO.C2H6O/c1-3-4-11(8-15)14-12-6-5-10(13)7-9(12)2;1-3-2/h4-8,14H,3H2,1-2H3;1-2H3/b11-4+;. The Hall–Kier alpha value is -1.32. The van der Waals surface area contributed by atoms with Crippen molar-refractivity contribution in [1.82, 2.24) is 0 Å². The molecule has 0 aliphatic carbocycles. The number of methoxy groups -OCH3 is 1. The van der Waals surface area contributed by atoms with Gasteiger partial charge >= 0.3 is 0 Å². The third-order valence-electron chi connectivity index (χ3n) is 2.02. The van der Waals surface area contributed by atoms with Crippen molar-refractivity contribution in [3.05, 3.63) is 40.6 Å². The molecule has 0 aliphatic heterocycles. The zero-order valence-electron chi connectivity index (χ0n) is 11.3. The predicted molar refractivity (Wildman–Crippen MR) is 77.2 cm³/mol. The summed E-state index contributed by atoms with van der Waals surface area (Å²) in [6, 6.07) is 5.52. The van der Waals surface area contributed by atoms with Crippen LogP contribution >= 0.6 is 11.6 Å². The highest BCUT2D eigenvalue weighted by molar-refractivity contribution is 6.30. The number of halogens is 1. The fourth-order valence-corrected chi connectivity index (χ4v) is 1.50. The zero-order chi connectivity index (χ0) is 14.0. The van der Waals surface area contributed by atoms with Gasteiger partial charge in [-0.2, -0.15) is 0 Å². The monoisotopic (exact) mass is 269 g/mol. The Kier molecular flexibility index (Phi) is 8.97. The number of aryl methyl sites for hydroxylation is 1. The van der Waals surface area contributed by atoms with Crippen LogP contribution in [-0.4, -0.2) is 20.5 Å². The summed E-state index contributed by atoms with van der Waals surface area (Å²) in [5.41, 5.74) is 2.51. The number of aldehydes is 1. The average Bonchev–Trinajstić information content (AvgIpc) is 2.32. The third kappa shape index (κ3) is 6.42. The van der Waals surface area contributed by atoms with Crippen molar-refractivity contribution in [1.29, 1.82) is 0 Å². The lowest BCUT2D eigenvalue weighted by molar-refractivity contribution is -0.104. The van der Waals surface area contributed by atoms with Crippen LogP contribution in [0.5, 0.6) is 0 Å². The van der Waals surface area contributed by atoms with Crippen LogP contribution in [-0.2, 0) is 9.53 Å². The number of nitrogens with one attached hydrogen (secondary N) is 1. The molecule has 18 heavy (non-hydrogen) atoms. The molecule has 0 spiro atoms. The molecule has 0 bridgehead atoms. The maximum absolute atomic E-state index is 10.7. The second-order valence-electron chi connectivity index (χ2n) is 3.68. The van der Waals surface area contributed by atoms with Crippen molar-refractivity contribution >= 4 is 23.6 Å². The van der Waals surface area contributed by atoms with Crippen LogP contribution in [0.2, 0.25) is 5.02 Å². The molecule has 0 aromatic heterocycles. The van der Waals surface area contributed by atoms with Gasteiger partial charge in [0.25, 0.3) is 0 Å². The SMILES string of the molecule is CC/C=C(\C=O)Nc1ccc(Cl)cc1C.COC. The van der Waals surface area contributed by atoms with Crippen LogP contribution in [0.1, 0.15) is 18.9 Å². The summed E-state index contributed by atoms with van der Waals surface area (Å²) in [6.45, 7) is 3.93. The van der Waals surface area contributed by atoms with Gasteiger partial charge in [0, 0.05) is 24.9 Å². The first kappa shape index (κ1) is 16.7. The van der Waals surface area contributed by atoms with Gasteiger partial charge in [-0.3, -0.25) is 4.79 Å². The van der Waals surface area contributed by atoms with Gasteiger partial charge in [-0.15, -0.1) is 0 Å². The molecule has 1 N–H and O–H groups in total. The molecule has 0 atom stereocenters. The summed E-state index contributed by atoms with van der Waals surface area (Å²) in [7, 11) is 3.25. The summed E-state index contributed by atoms with van der Waals surface area (Å²) >= 11 is 5.84. The molecule has 1 rings (SSSR count). The molecule has 0 fully saturated rings. The number of benzene rings is 1. The number of rotatable bonds is 4. The largest absolute Gasteiger partial charge is 0.388 e. The van der Waals surface area contributed by atoms with E-state index in [-0.39, 0.29) is 0 Å². The molecule has 0 saturated carbocycles. The number of carbonyl (C=O) groups excluding carboxylic acids is 1. The molecule has 1 aromatic carbocycles. The lowest BCUT2D eigenvalue weighted by Crippen LogP contribution is -2.02. The van der Waals surface area contributed by atoms with Crippen molar-refractivity contribution in [2.24, 2.45) is 0 Å². The van der Waals surface area contributed by atoms with Crippen LogP contribution in [0.15, 0.2) is 30.0 Å². The number of anilines is 1. The number of ether oxygens (including phenoxy) is 1. The van der Waals surface area contributed by atoms with E-state index in [1.165, 1.54) is 0 Å². The fourth-order valence-electron chi connectivity index (χ4n) is 1.27. The van der Waals surface area contributed by atoms with E-state index in [4.69, 9.17) is 11.6 Å². The van der Waals surface area contributed by atoms with Crippen LogP contribution < -0.4 is 5.32 Å². The minimum absolute atomic E-state index is 0.586. The van der Waals surface area contributed by atoms with Gasteiger partial charge in [0.2, 0.25) is 0 Å². The maximum Gasteiger partial charge on any atom is 0.165 e. The van der Waals surface area contributed by atoms with Crippen molar-refractivity contribution in [3.63, 3.8) is 0 Å². The predicted octanol–water partition coefficient (Wildman–Crippen LogP) is 3.82. The lowest BCUT2D eigenvalue weighted by atomic mass is 10.2. The molecule has 3 nitrogen and oxygen atoms in total. The second-order valence-corrected chi connectivity index (χ2v) is 4.11. The summed E-state index contributed by atoms with van der Waals surface area (Å²) in [5, 5.41) is 3.76. The van der Waals surface area contributed by atoms with E-state index in [0.29, 0.717) is 10.7 Å². The zero-order valence-corrected chi connectivity index (χ0v) is 12.0. The van der Waals surface area contributed by atoms with Crippen molar-refractivity contribution in [3.8, 4) is 0 Å². The van der Waals surface area contributed by atoms with E-state index in [1.807, 2.05) is 32.1 Å². The Morgan fingerprint density at radius 3 is 2.50 bits per heavy atom. The van der Waals surface area contributed by atoms with Gasteiger partial charge in [-0.05, 0) is 37.1 Å². The van der Waals surface area contributed by atoms with E-state index in [1.54, 1.807) is 20.3 Å². The smallest absolute Gasteiger partial charge is 0.165 e. The molecule has 1 aromatic rings. The Balaban J connectivity index is 0.000000873. The van der Waals surface area contributed by atoms with Crippen LogP contribution in [0.3, 0.4) is 0 Å². The Labute approximate surface area is 114 Å². The molecule has 0 unspecified atom stereocenters. The van der Waals surface area contributed by atoms with Gasteiger partial charge in [-0.1, -0.05) is 24.6 Å². The molecule has 100 valence electrons. The summed E-state index contributed by atoms with van der Waals surface area (Å²) < 4.78 is 4.25. The van der Waals surface area contributed by atoms with E-state index in [9.17, 15) is 4.79 Å². The van der Waals surface area contributed by atoms with Gasteiger partial charge in [0.05, 0.1) is 5.70 Å². The second kappa shape index (κ2) is 9.68. The Morgan fingerprint density at radius 1 is 1.44 bits per heavy atom. The molecule has 0 radical (unpaired) electrons. The summed E-state index contributed by atoms with van der Waals surface area (Å²) in [6.07, 6.45) is 3.49. The Morgan fingerprint density at radius 2 is 2.06 bits per heavy atom. The summed E-state index contributed by atoms with van der Waals surface area (Å²) in [4.78, 5) is 10.7. The quantitative estimate of drug-likeness (QED) is 0.667. The lowest BCUT2D eigenvalue weighted by Gasteiger charge is -2.08. The Bertz CT molecular complexity index is 403. The van der Waals surface area contributed by atoms with Crippen LogP contribution in [0, 0.1) is 6.92 Å². The number of allylic oxidation sites excluding steroid dienone is 2. The van der Waals surface area contributed by atoms with Crippen LogP contribution in [0.25, 0.3) is 0 Å². The fraction of sp³-hybridized carbons (Fsp3) is 0.357. The van der Waals surface area contributed by atoms with E-state index in [0.717, 1.165) is 24.0 Å². The minimum Gasteiger partial charge on any atom is -0.388 e. The number of hydrogen-bond donors (Lipinski definition) is 1. The highest BCUT2D eigenvalue weighted by atomic mass is 35.5. The maximum atomic E-state index is 10.7. The highest BCUT2D eigenvalue weighted by Gasteiger charge is 2.00. The normalized spacial score (nSPS) is 10.4. The average molecular weight is 270 g/mol. The van der Waals surface area contributed by atoms with Gasteiger partial charge in [-0.25, -0.2) is 0 Å². The van der Waals surface area contributed by atoms with Crippen LogP contribution in [0.4, 0.5) is 5.69 Å².